The van der Waals surface area contributed by atoms with Gasteiger partial charge in [0.05, 0.1) is 19.2 Å². The van der Waals surface area contributed by atoms with E-state index in [2.05, 4.69) is 13.8 Å². The van der Waals surface area contributed by atoms with Gasteiger partial charge in [0.25, 0.3) is 0 Å². The minimum atomic E-state index is -0.735. The number of hydrogen-bond donors (Lipinski definition) is 0. The summed E-state index contributed by atoms with van der Waals surface area (Å²) >= 11 is 0. The van der Waals surface area contributed by atoms with Gasteiger partial charge in [0.1, 0.15) is 11.6 Å². The van der Waals surface area contributed by atoms with Gasteiger partial charge in [-0.3, -0.25) is 4.79 Å². The van der Waals surface area contributed by atoms with E-state index in [1.165, 1.54) is 18.1 Å². The van der Waals surface area contributed by atoms with Crippen LogP contribution in [0.25, 0.3) is 0 Å². The Bertz CT molecular complexity index is 976. The minimum Gasteiger partial charge on any atom is -0.466 e. The molecule has 1 aliphatic heterocycles. The lowest BCUT2D eigenvalue weighted by Crippen LogP contribution is -2.38. The lowest BCUT2D eigenvalue weighted by molar-refractivity contribution is -0.138. The maximum absolute atomic E-state index is 14.1. The molecule has 0 bridgehead atoms. The molecule has 0 saturated carbocycles. The Kier molecular flexibility index (Phi) is 6.34. The Morgan fingerprint density at radius 2 is 1.73 bits per heavy atom. The van der Waals surface area contributed by atoms with Gasteiger partial charge in [0.15, 0.2) is 0 Å². The van der Waals surface area contributed by atoms with Gasteiger partial charge in [0, 0.05) is 23.6 Å². The molecule has 0 spiro atoms. The number of nitrogens with zero attached hydrogens (tertiary/aromatic N) is 1. The third-order valence-electron chi connectivity index (χ3n) is 5.61. The van der Waals surface area contributed by atoms with Crippen molar-refractivity contribution in [2.45, 2.75) is 45.6 Å². The van der Waals surface area contributed by atoms with Crippen LogP contribution in [0.15, 0.2) is 53.7 Å². The van der Waals surface area contributed by atoms with Gasteiger partial charge in [-0.1, -0.05) is 44.2 Å². The summed E-state index contributed by atoms with van der Waals surface area (Å²) in [6.45, 7) is 5.49. The van der Waals surface area contributed by atoms with Crippen LogP contribution in [0.1, 0.15) is 55.7 Å². The number of ether oxygens (including phenoxy) is 1. The summed E-state index contributed by atoms with van der Waals surface area (Å²) in [4.78, 5) is 26.8. The first-order chi connectivity index (χ1) is 14.2. The lowest BCUT2D eigenvalue weighted by atomic mass is 9.83. The van der Waals surface area contributed by atoms with E-state index in [9.17, 15) is 18.4 Å². The van der Waals surface area contributed by atoms with Crippen molar-refractivity contribution in [3.05, 3.63) is 82.1 Å². The van der Waals surface area contributed by atoms with E-state index in [0.717, 1.165) is 23.3 Å². The molecule has 1 heterocycles. The zero-order valence-electron chi connectivity index (χ0n) is 17.5. The number of methoxy groups -OCH3 is 1. The summed E-state index contributed by atoms with van der Waals surface area (Å²) in [6, 6.07) is 11.3. The number of amides is 1. The molecule has 1 amide bonds. The molecule has 4 nitrogen and oxygen atoms in total. The van der Waals surface area contributed by atoms with Gasteiger partial charge in [0.2, 0.25) is 5.91 Å². The van der Waals surface area contributed by atoms with Crippen molar-refractivity contribution >= 4 is 11.9 Å². The van der Waals surface area contributed by atoms with Gasteiger partial charge < -0.3 is 9.64 Å². The first-order valence-electron chi connectivity index (χ1n) is 9.86. The van der Waals surface area contributed by atoms with Gasteiger partial charge >= 0.3 is 5.97 Å². The molecule has 1 atom stereocenters. The standard InChI is InChI=1S/C24H25F2NO3/c1-14(2)16-8-10-17(11-9-16)18-12-22(28)27(15(3)23(18)24(29)30-4)13-19-20(25)6-5-7-21(19)26/h5-11,14,18H,12-13H2,1-4H3/t18-/m0/s1. The summed E-state index contributed by atoms with van der Waals surface area (Å²) in [5.41, 5.74) is 2.43. The third-order valence-corrected chi connectivity index (χ3v) is 5.61. The zero-order chi connectivity index (χ0) is 22.0. The molecule has 1 aliphatic rings. The highest BCUT2D eigenvalue weighted by Crippen LogP contribution is 2.38. The lowest BCUT2D eigenvalue weighted by Gasteiger charge is -2.34. The van der Waals surface area contributed by atoms with E-state index < -0.39 is 23.5 Å². The highest BCUT2D eigenvalue weighted by molar-refractivity contribution is 5.95. The van der Waals surface area contributed by atoms with Crippen molar-refractivity contribution in [2.75, 3.05) is 7.11 Å². The minimum absolute atomic E-state index is 0.0128. The van der Waals surface area contributed by atoms with Crippen molar-refractivity contribution in [3.63, 3.8) is 0 Å². The fourth-order valence-electron chi connectivity index (χ4n) is 3.82. The van der Waals surface area contributed by atoms with Crippen LogP contribution in [0.2, 0.25) is 0 Å². The molecule has 0 aliphatic carbocycles. The van der Waals surface area contributed by atoms with E-state index >= 15 is 0 Å². The topological polar surface area (TPSA) is 46.6 Å². The molecule has 0 fully saturated rings. The molecule has 0 radical (unpaired) electrons. The van der Waals surface area contributed by atoms with Gasteiger partial charge in [-0.15, -0.1) is 0 Å². The van der Waals surface area contributed by atoms with Crippen LogP contribution >= 0.6 is 0 Å². The quantitative estimate of drug-likeness (QED) is 0.645. The van der Waals surface area contributed by atoms with Crippen molar-refractivity contribution in [1.82, 2.24) is 4.90 Å². The van der Waals surface area contributed by atoms with Crippen molar-refractivity contribution < 1.29 is 23.1 Å². The number of carbonyl (C=O) groups is 2. The summed E-state index contributed by atoms with van der Waals surface area (Å²) < 4.78 is 33.3. The molecule has 0 N–H and O–H groups in total. The third kappa shape index (κ3) is 4.13. The number of hydrogen-bond acceptors (Lipinski definition) is 3. The van der Waals surface area contributed by atoms with Crippen LogP contribution in [-0.2, 0) is 20.9 Å². The number of rotatable bonds is 5. The highest BCUT2D eigenvalue weighted by atomic mass is 19.1. The van der Waals surface area contributed by atoms with Crippen LogP contribution in [0.4, 0.5) is 8.78 Å². The van der Waals surface area contributed by atoms with Gasteiger partial charge in [-0.25, -0.2) is 13.6 Å². The van der Waals surface area contributed by atoms with E-state index in [-0.39, 0.29) is 24.4 Å². The summed E-state index contributed by atoms with van der Waals surface area (Å²) in [7, 11) is 1.28. The number of allylic oxidation sites excluding steroid dienone is 1. The van der Waals surface area contributed by atoms with Crippen molar-refractivity contribution in [3.8, 4) is 0 Å². The molecular formula is C24H25F2NO3. The monoisotopic (exact) mass is 413 g/mol. The zero-order valence-corrected chi connectivity index (χ0v) is 17.5. The molecule has 158 valence electrons. The fourth-order valence-corrected chi connectivity index (χ4v) is 3.82. The van der Waals surface area contributed by atoms with Crippen LogP contribution in [0.3, 0.4) is 0 Å². The van der Waals surface area contributed by atoms with Gasteiger partial charge in [-0.2, -0.15) is 0 Å². The van der Waals surface area contributed by atoms with Crippen LogP contribution in [0.5, 0.6) is 0 Å². The molecule has 3 rings (SSSR count). The second-order valence-electron chi connectivity index (χ2n) is 7.75. The van der Waals surface area contributed by atoms with E-state index in [4.69, 9.17) is 4.74 Å². The molecule has 0 aromatic heterocycles. The molecule has 0 saturated heterocycles. The van der Waals surface area contributed by atoms with E-state index in [1.54, 1.807) is 6.92 Å². The molecule has 30 heavy (non-hydrogen) atoms. The Morgan fingerprint density at radius 1 is 1.13 bits per heavy atom. The summed E-state index contributed by atoms with van der Waals surface area (Å²) in [5, 5.41) is 0. The largest absolute Gasteiger partial charge is 0.466 e. The Hall–Kier alpha value is -3.02. The first-order valence-corrected chi connectivity index (χ1v) is 9.86. The molecule has 6 heteroatoms. The maximum atomic E-state index is 14.1. The molecule has 2 aromatic carbocycles. The maximum Gasteiger partial charge on any atom is 0.336 e. The number of halogens is 2. The first kappa shape index (κ1) is 21.7. The predicted molar refractivity (Wildman–Crippen MR) is 110 cm³/mol. The van der Waals surface area contributed by atoms with Crippen LogP contribution in [0, 0.1) is 11.6 Å². The fraction of sp³-hybridized carbons (Fsp3) is 0.333. The normalized spacial score (nSPS) is 17.0. The number of benzene rings is 2. The summed E-state index contributed by atoms with van der Waals surface area (Å²) in [5.74, 6) is -2.45. The predicted octanol–water partition coefficient (Wildman–Crippen LogP) is 5.05. The second kappa shape index (κ2) is 8.78. The smallest absolute Gasteiger partial charge is 0.336 e. The average Bonchev–Trinajstić information content (AvgIpc) is 2.72. The van der Waals surface area contributed by atoms with Gasteiger partial charge in [-0.05, 0) is 36.1 Å². The van der Waals surface area contributed by atoms with E-state index in [0.29, 0.717) is 17.2 Å². The Labute approximate surface area is 175 Å². The van der Waals surface area contributed by atoms with Crippen LogP contribution in [-0.4, -0.2) is 23.9 Å². The average molecular weight is 413 g/mol. The second-order valence-corrected chi connectivity index (χ2v) is 7.75. The molecule has 2 aromatic rings. The molecular weight excluding hydrogens is 388 g/mol. The van der Waals surface area contributed by atoms with Crippen LogP contribution < -0.4 is 0 Å². The summed E-state index contributed by atoms with van der Waals surface area (Å²) in [6.07, 6.45) is 0.0128. The molecule has 0 unspecified atom stereocenters. The van der Waals surface area contributed by atoms with Crippen molar-refractivity contribution in [1.29, 1.82) is 0 Å². The SMILES string of the molecule is COC(=O)C1=C(C)N(Cc2c(F)cccc2F)C(=O)C[C@H]1c1ccc(C(C)C)cc1. The Morgan fingerprint density at radius 3 is 2.27 bits per heavy atom. The highest BCUT2D eigenvalue weighted by Gasteiger charge is 2.37. The number of carbonyl (C=O) groups excluding carboxylic acids is 2. The van der Waals surface area contributed by atoms with Crippen molar-refractivity contribution in [2.24, 2.45) is 0 Å². The Balaban J connectivity index is 2.03. The number of esters is 1. The van der Waals surface area contributed by atoms with E-state index in [1.807, 2.05) is 24.3 Å².